The van der Waals surface area contributed by atoms with Gasteiger partial charge in [-0.25, -0.2) is 4.79 Å². The van der Waals surface area contributed by atoms with Crippen LogP contribution in [0.5, 0.6) is 5.75 Å². The number of hydrogen-bond acceptors (Lipinski definition) is 7. The van der Waals surface area contributed by atoms with Crippen LogP contribution in [0.2, 0.25) is 0 Å². The van der Waals surface area contributed by atoms with Gasteiger partial charge in [-0.1, -0.05) is 0 Å². The van der Waals surface area contributed by atoms with Crippen molar-refractivity contribution in [2.24, 2.45) is 0 Å². The molecule has 3 aromatic rings. The van der Waals surface area contributed by atoms with Crippen LogP contribution < -0.4 is 9.64 Å². The van der Waals surface area contributed by atoms with Crippen LogP contribution in [0.25, 0.3) is 5.76 Å². The van der Waals surface area contributed by atoms with Crippen molar-refractivity contribution in [3.8, 4) is 5.75 Å². The Morgan fingerprint density at radius 1 is 1.06 bits per heavy atom. The van der Waals surface area contributed by atoms with Crippen LogP contribution in [0.4, 0.5) is 5.69 Å². The molecule has 8 heteroatoms. The van der Waals surface area contributed by atoms with Gasteiger partial charge in [0.05, 0.1) is 31.6 Å². The Balaban J connectivity index is 1.87. The lowest BCUT2D eigenvalue weighted by Crippen LogP contribution is -2.29. The van der Waals surface area contributed by atoms with Gasteiger partial charge in [-0.2, -0.15) is 0 Å². The second-order valence-corrected chi connectivity index (χ2v) is 7.40. The Labute approximate surface area is 189 Å². The van der Waals surface area contributed by atoms with Crippen molar-refractivity contribution < 1.29 is 33.4 Å². The highest BCUT2D eigenvalue weighted by Crippen LogP contribution is 2.42. The van der Waals surface area contributed by atoms with Gasteiger partial charge in [0, 0.05) is 11.3 Å². The first-order chi connectivity index (χ1) is 15.9. The molecule has 1 atom stereocenters. The molecule has 0 spiro atoms. The van der Waals surface area contributed by atoms with E-state index in [4.69, 9.17) is 13.9 Å². The molecule has 0 aliphatic carbocycles. The molecule has 0 saturated carbocycles. The summed E-state index contributed by atoms with van der Waals surface area (Å²) in [5, 5.41) is 11.2. The number of benzene rings is 2. The van der Waals surface area contributed by atoms with Crippen LogP contribution in [-0.2, 0) is 14.3 Å². The minimum absolute atomic E-state index is 0.0970. The number of anilines is 1. The van der Waals surface area contributed by atoms with E-state index in [-0.39, 0.29) is 11.3 Å². The average molecular weight is 447 g/mol. The average Bonchev–Trinajstić information content (AvgIpc) is 3.45. The molecular formula is C25H21NO7. The normalized spacial score (nSPS) is 17.3. The summed E-state index contributed by atoms with van der Waals surface area (Å²) < 4.78 is 15.5. The fraction of sp³-hybridized carbons (Fsp3) is 0.160. The molecule has 33 heavy (non-hydrogen) atoms. The number of aliphatic hydroxyl groups is 1. The third-order valence-corrected chi connectivity index (χ3v) is 5.51. The van der Waals surface area contributed by atoms with Gasteiger partial charge in [-0.3, -0.25) is 14.5 Å². The van der Waals surface area contributed by atoms with Crippen molar-refractivity contribution >= 4 is 29.1 Å². The van der Waals surface area contributed by atoms with Crippen molar-refractivity contribution in [2.75, 3.05) is 19.1 Å². The number of rotatable bonds is 5. The smallest absolute Gasteiger partial charge is 0.337 e. The van der Waals surface area contributed by atoms with Crippen LogP contribution in [-0.4, -0.2) is 37.0 Å². The number of Topliss-reactive ketones (excluding diaryl/α,β-unsaturated/α-hetero) is 1. The van der Waals surface area contributed by atoms with Crippen molar-refractivity contribution in [1.29, 1.82) is 0 Å². The Kier molecular flexibility index (Phi) is 5.74. The lowest BCUT2D eigenvalue weighted by atomic mass is 9.96. The van der Waals surface area contributed by atoms with E-state index < -0.39 is 23.7 Å². The summed E-state index contributed by atoms with van der Waals surface area (Å²) in [4.78, 5) is 39.2. The van der Waals surface area contributed by atoms with Gasteiger partial charge < -0.3 is 19.0 Å². The second kappa shape index (κ2) is 8.66. The molecule has 1 saturated heterocycles. The number of carbonyl (C=O) groups excluding carboxylic acids is 3. The number of furan rings is 1. The van der Waals surface area contributed by atoms with Gasteiger partial charge >= 0.3 is 5.97 Å². The molecule has 2 heterocycles. The Morgan fingerprint density at radius 2 is 1.79 bits per heavy atom. The molecule has 2 aromatic carbocycles. The molecule has 1 aliphatic heterocycles. The first-order valence-electron chi connectivity index (χ1n) is 10.0. The highest BCUT2D eigenvalue weighted by molar-refractivity contribution is 6.51. The highest BCUT2D eigenvalue weighted by atomic mass is 16.5. The van der Waals surface area contributed by atoms with Crippen molar-refractivity contribution in [3.05, 3.63) is 88.9 Å². The molecule has 1 amide bonds. The fourth-order valence-electron chi connectivity index (χ4n) is 3.86. The molecule has 0 radical (unpaired) electrons. The number of aryl methyl sites for hydroxylation is 1. The van der Waals surface area contributed by atoms with Crippen LogP contribution in [0.1, 0.15) is 33.3 Å². The maximum atomic E-state index is 13.1. The van der Waals surface area contributed by atoms with E-state index in [1.165, 1.54) is 49.6 Å². The zero-order valence-electron chi connectivity index (χ0n) is 18.2. The van der Waals surface area contributed by atoms with E-state index in [9.17, 15) is 19.5 Å². The maximum Gasteiger partial charge on any atom is 0.337 e. The number of ether oxygens (including phenoxy) is 2. The first-order valence-corrected chi connectivity index (χ1v) is 10.0. The standard InChI is InChI=1S/C25H21NO7/c1-14-13-17(31-2)10-11-18(14)22(27)20-21(19-5-4-12-33-19)26(24(29)23(20)28)16-8-6-15(7-9-16)25(30)32-3/h4-13,21,27H,1-3H3/b22-20-. The Bertz CT molecular complexity index is 1260. The SMILES string of the molecule is COC(=O)c1ccc(N2C(=O)C(=O)/C(=C(\O)c3ccc(OC)cc3C)C2c2ccco2)cc1. The van der Waals surface area contributed by atoms with Gasteiger partial charge in [-0.15, -0.1) is 0 Å². The van der Waals surface area contributed by atoms with Crippen LogP contribution >= 0.6 is 0 Å². The summed E-state index contributed by atoms with van der Waals surface area (Å²) in [6, 6.07) is 13.3. The van der Waals surface area contributed by atoms with Gasteiger partial charge in [0.1, 0.15) is 23.3 Å². The third-order valence-electron chi connectivity index (χ3n) is 5.51. The minimum Gasteiger partial charge on any atom is -0.507 e. The third kappa shape index (κ3) is 3.76. The van der Waals surface area contributed by atoms with Gasteiger partial charge in [0.15, 0.2) is 0 Å². The summed E-state index contributed by atoms with van der Waals surface area (Å²) in [7, 11) is 2.80. The van der Waals surface area contributed by atoms with Crippen molar-refractivity contribution in [2.45, 2.75) is 13.0 Å². The van der Waals surface area contributed by atoms with E-state index in [2.05, 4.69) is 0 Å². The summed E-state index contributed by atoms with van der Waals surface area (Å²) in [6.45, 7) is 1.76. The van der Waals surface area contributed by atoms with E-state index in [1.54, 1.807) is 37.3 Å². The fourth-order valence-corrected chi connectivity index (χ4v) is 3.86. The predicted octanol–water partition coefficient (Wildman–Crippen LogP) is 4.01. The lowest BCUT2D eigenvalue weighted by Gasteiger charge is -2.23. The van der Waals surface area contributed by atoms with Crippen molar-refractivity contribution in [3.63, 3.8) is 0 Å². The maximum absolute atomic E-state index is 13.1. The van der Waals surface area contributed by atoms with Gasteiger partial charge in [-0.05, 0) is 67.1 Å². The van der Waals surface area contributed by atoms with E-state index >= 15 is 0 Å². The number of esters is 1. The summed E-state index contributed by atoms with van der Waals surface area (Å²) >= 11 is 0. The predicted molar refractivity (Wildman–Crippen MR) is 119 cm³/mol. The van der Waals surface area contributed by atoms with Crippen LogP contribution in [0.3, 0.4) is 0 Å². The molecule has 8 nitrogen and oxygen atoms in total. The largest absolute Gasteiger partial charge is 0.507 e. The van der Waals surface area contributed by atoms with E-state index in [0.29, 0.717) is 33.9 Å². The highest BCUT2D eigenvalue weighted by Gasteiger charge is 2.48. The number of hydrogen-bond donors (Lipinski definition) is 1. The molecule has 1 N–H and O–H groups in total. The molecule has 1 aliphatic rings. The van der Waals surface area contributed by atoms with Crippen LogP contribution in [0, 0.1) is 6.92 Å². The molecule has 1 fully saturated rings. The summed E-state index contributed by atoms with van der Waals surface area (Å²) in [5.41, 5.74) is 1.61. The van der Waals surface area contributed by atoms with Gasteiger partial charge in [0.25, 0.3) is 11.7 Å². The molecule has 4 rings (SSSR count). The van der Waals surface area contributed by atoms with E-state index in [0.717, 1.165) is 0 Å². The molecule has 1 unspecified atom stereocenters. The van der Waals surface area contributed by atoms with E-state index in [1.807, 2.05) is 0 Å². The molecular weight excluding hydrogens is 426 g/mol. The quantitative estimate of drug-likeness (QED) is 0.273. The first kappa shape index (κ1) is 21.9. The Hall–Kier alpha value is -4.33. The zero-order valence-corrected chi connectivity index (χ0v) is 18.2. The number of ketones is 1. The second-order valence-electron chi connectivity index (χ2n) is 7.40. The minimum atomic E-state index is -0.995. The molecule has 1 aromatic heterocycles. The van der Waals surface area contributed by atoms with Crippen LogP contribution in [0.15, 0.2) is 70.9 Å². The number of carbonyl (C=O) groups is 3. The Morgan fingerprint density at radius 3 is 2.36 bits per heavy atom. The van der Waals surface area contributed by atoms with Gasteiger partial charge in [0.2, 0.25) is 0 Å². The molecule has 0 bridgehead atoms. The summed E-state index contributed by atoms with van der Waals surface area (Å²) in [5.74, 6) is -1.61. The zero-order chi connectivity index (χ0) is 23.7. The topological polar surface area (TPSA) is 106 Å². The number of methoxy groups -OCH3 is 2. The van der Waals surface area contributed by atoms with Crippen molar-refractivity contribution in [1.82, 2.24) is 0 Å². The molecule has 168 valence electrons. The summed E-state index contributed by atoms with van der Waals surface area (Å²) in [6.07, 6.45) is 1.43. The number of amides is 1. The lowest BCUT2D eigenvalue weighted by molar-refractivity contribution is -0.132. The monoisotopic (exact) mass is 447 g/mol. The number of nitrogens with zero attached hydrogens (tertiary/aromatic N) is 1. The number of aliphatic hydroxyl groups excluding tert-OH is 1.